The van der Waals surface area contributed by atoms with Gasteiger partial charge in [-0.25, -0.2) is 0 Å². The van der Waals surface area contributed by atoms with Gasteiger partial charge < -0.3 is 10.6 Å². The van der Waals surface area contributed by atoms with Crippen LogP contribution in [0.15, 0.2) is 28.7 Å². The number of rotatable bonds is 3. The van der Waals surface area contributed by atoms with Crippen LogP contribution in [0.1, 0.15) is 38.3 Å². The van der Waals surface area contributed by atoms with E-state index >= 15 is 0 Å². The first kappa shape index (κ1) is 14.5. The van der Waals surface area contributed by atoms with Gasteiger partial charge in [-0.3, -0.25) is 4.79 Å². The van der Waals surface area contributed by atoms with Crippen molar-refractivity contribution < 1.29 is 4.79 Å². The Labute approximate surface area is 123 Å². The summed E-state index contributed by atoms with van der Waals surface area (Å²) in [7, 11) is 0. The Morgan fingerprint density at radius 1 is 1.42 bits per heavy atom. The summed E-state index contributed by atoms with van der Waals surface area (Å²) in [6, 6.07) is 8.07. The smallest absolute Gasteiger partial charge is 0.237 e. The lowest BCUT2D eigenvalue weighted by molar-refractivity contribution is -0.124. The highest BCUT2D eigenvalue weighted by Crippen LogP contribution is 2.18. The second-order valence-electron chi connectivity index (χ2n) is 5.42. The largest absolute Gasteiger partial charge is 0.348 e. The van der Waals surface area contributed by atoms with Gasteiger partial charge in [-0.15, -0.1) is 0 Å². The van der Waals surface area contributed by atoms with E-state index in [1.807, 2.05) is 31.2 Å². The summed E-state index contributed by atoms with van der Waals surface area (Å²) in [5, 5.41) is 6.38. The molecule has 104 valence electrons. The van der Waals surface area contributed by atoms with Crippen molar-refractivity contribution in [1.82, 2.24) is 10.6 Å². The van der Waals surface area contributed by atoms with E-state index in [2.05, 4.69) is 33.5 Å². The molecule has 2 rings (SSSR count). The maximum atomic E-state index is 12.2. The highest BCUT2D eigenvalue weighted by Gasteiger charge is 2.25. The van der Waals surface area contributed by atoms with Crippen LogP contribution < -0.4 is 10.6 Å². The lowest BCUT2D eigenvalue weighted by atomic mass is 9.93. The molecular weight excluding hydrogens is 304 g/mol. The fourth-order valence-electron chi connectivity index (χ4n) is 2.46. The van der Waals surface area contributed by atoms with Crippen LogP contribution in [0.3, 0.4) is 0 Å². The van der Waals surface area contributed by atoms with Crippen LogP contribution in [0.25, 0.3) is 0 Å². The van der Waals surface area contributed by atoms with Gasteiger partial charge in [0, 0.05) is 4.47 Å². The standard InChI is InChI=1S/C15H21BrN2O/c1-10-7-8-17-14(9-10)15(19)18-11(2)12-3-5-13(16)6-4-12/h3-6,10-11,14,17H,7-9H2,1-2H3,(H,18,19)/t10?,11-,14?/m1/s1. The number of carbonyl (C=O) groups is 1. The molecule has 0 bridgehead atoms. The Morgan fingerprint density at radius 2 is 2.11 bits per heavy atom. The maximum absolute atomic E-state index is 12.2. The predicted molar refractivity (Wildman–Crippen MR) is 80.9 cm³/mol. The minimum Gasteiger partial charge on any atom is -0.348 e. The van der Waals surface area contributed by atoms with E-state index < -0.39 is 0 Å². The second-order valence-corrected chi connectivity index (χ2v) is 6.33. The molecule has 0 saturated carbocycles. The fraction of sp³-hybridized carbons (Fsp3) is 0.533. The van der Waals surface area contributed by atoms with E-state index in [0.29, 0.717) is 5.92 Å². The van der Waals surface area contributed by atoms with E-state index in [9.17, 15) is 4.79 Å². The van der Waals surface area contributed by atoms with Gasteiger partial charge in [0.25, 0.3) is 0 Å². The first-order valence-electron chi connectivity index (χ1n) is 6.85. The number of hydrogen-bond donors (Lipinski definition) is 2. The summed E-state index contributed by atoms with van der Waals surface area (Å²) < 4.78 is 1.05. The third-order valence-corrected chi connectivity index (χ3v) is 4.24. The number of hydrogen-bond acceptors (Lipinski definition) is 2. The maximum Gasteiger partial charge on any atom is 0.237 e. The van der Waals surface area contributed by atoms with Crippen LogP contribution in [0.2, 0.25) is 0 Å². The molecule has 1 amide bonds. The third-order valence-electron chi connectivity index (χ3n) is 3.71. The molecule has 2 N–H and O–H groups in total. The third kappa shape index (κ3) is 4.05. The summed E-state index contributed by atoms with van der Waals surface area (Å²) >= 11 is 3.42. The van der Waals surface area contributed by atoms with Crippen molar-refractivity contribution in [3.63, 3.8) is 0 Å². The van der Waals surface area contributed by atoms with Crippen LogP contribution in [-0.4, -0.2) is 18.5 Å². The fourth-order valence-corrected chi connectivity index (χ4v) is 2.72. The molecule has 1 fully saturated rings. The van der Waals surface area contributed by atoms with Gasteiger partial charge >= 0.3 is 0 Å². The van der Waals surface area contributed by atoms with E-state index in [-0.39, 0.29) is 18.0 Å². The molecule has 4 heteroatoms. The van der Waals surface area contributed by atoms with Crippen LogP contribution in [-0.2, 0) is 4.79 Å². The zero-order valence-electron chi connectivity index (χ0n) is 11.4. The number of piperidine rings is 1. The summed E-state index contributed by atoms with van der Waals surface area (Å²) in [6.45, 7) is 5.17. The van der Waals surface area contributed by atoms with E-state index in [1.54, 1.807) is 0 Å². The predicted octanol–water partition coefficient (Wildman–Crippen LogP) is 3.01. The lowest BCUT2D eigenvalue weighted by Gasteiger charge is -2.28. The molecule has 1 aliphatic rings. The van der Waals surface area contributed by atoms with Crippen molar-refractivity contribution in [2.45, 2.75) is 38.8 Å². The molecule has 1 heterocycles. The Morgan fingerprint density at radius 3 is 2.74 bits per heavy atom. The van der Waals surface area contributed by atoms with Gasteiger partial charge in [0.2, 0.25) is 5.91 Å². The lowest BCUT2D eigenvalue weighted by Crippen LogP contribution is -2.48. The van der Waals surface area contributed by atoms with E-state index in [0.717, 1.165) is 29.4 Å². The Balaban J connectivity index is 1.92. The van der Waals surface area contributed by atoms with Crippen LogP contribution >= 0.6 is 15.9 Å². The van der Waals surface area contributed by atoms with Crippen molar-refractivity contribution in [3.05, 3.63) is 34.3 Å². The molecule has 2 unspecified atom stereocenters. The van der Waals surface area contributed by atoms with Gasteiger partial charge in [0.1, 0.15) is 0 Å². The van der Waals surface area contributed by atoms with Crippen molar-refractivity contribution in [2.75, 3.05) is 6.54 Å². The van der Waals surface area contributed by atoms with Crippen molar-refractivity contribution >= 4 is 21.8 Å². The number of benzene rings is 1. The highest BCUT2D eigenvalue weighted by atomic mass is 79.9. The first-order valence-corrected chi connectivity index (χ1v) is 7.65. The van der Waals surface area contributed by atoms with Gasteiger partial charge in [-0.2, -0.15) is 0 Å². The SMILES string of the molecule is CC1CCNC(C(=O)N[C@H](C)c2ccc(Br)cc2)C1. The topological polar surface area (TPSA) is 41.1 Å². The average Bonchev–Trinajstić information content (AvgIpc) is 2.39. The molecule has 1 aromatic rings. The molecule has 1 aromatic carbocycles. The van der Waals surface area contributed by atoms with Crippen molar-refractivity contribution in [1.29, 1.82) is 0 Å². The molecule has 0 aliphatic carbocycles. The van der Waals surface area contributed by atoms with E-state index in [4.69, 9.17) is 0 Å². The van der Waals surface area contributed by atoms with Crippen LogP contribution in [0.5, 0.6) is 0 Å². The van der Waals surface area contributed by atoms with Crippen molar-refractivity contribution in [2.24, 2.45) is 5.92 Å². The number of amides is 1. The average molecular weight is 325 g/mol. The van der Waals surface area contributed by atoms with Gasteiger partial charge in [0.05, 0.1) is 12.1 Å². The molecule has 19 heavy (non-hydrogen) atoms. The second kappa shape index (κ2) is 6.53. The van der Waals surface area contributed by atoms with E-state index in [1.165, 1.54) is 0 Å². The molecule has 0 aromatic heterocycles. The molecule has 0 radical (unpaired) electrons. The molecular formula is C15H21BrN2O. The number of halogens is 1. The summed E-state index contributed by atoms with van der Waals surface area (Å²) in [6.07, 6.45) is 2.09. The van der Waals surface area contributed by atoms with Gasteiger partial charge in [-0.1, -0.05) is 35.0 Å². The minimum atomic E-state index is -0.0401. The Bertz CT molecular complexity index is 432. The zero-order chi connectivity index (χ0) is 13.8. The molecule has 3 atom stereocenters. The minimum absolute atomic E-state index is 0.0401. The molecule has 0 spiro atoms. The summed E-state index contributed by atoms with van der Waals surface area (Å²) in [4.78, 5) is 12.2. The highest BCUT2D eigenvalue weighted by molar-refractivity contribution is 9.10. The number of nitrogens with one attached hydrogen (secondary N) is 2. The Kier molecular flexibility index (Phi) is 4.99. The normalized spacial score (nSPS) is 24.8. The summed E-state index contributed by atoms with van der Waals surface area (Å²) in [5.41, 5.74) is 1.13. The molecule has 1 aliphatic heterocycles. The van der Waals surface area contributed by atoms with Crippen LogP contribution in [0, 0.1) is 5.92 Å². The number of carbonyl (C=O) groups excluding carboxylic acids is 1. The summed E-state index contributed by atoms with van der Waals surface area (Å²) in [5.74, 6) is 0.738. The zero-order valence-corrected chi connectivity index (χ0v) is 13.0. The van der Waals surface area contributed by atoms with Crippen molar-refractivity contribution in [3.8, 4) is 0 Å². The quantitative estimate of drug-likeness (QED) is 0.897. The Hall–Kier alpha value is -0.870. The molecule has 1 saturated heterocycles. The monoisotopic (exact) mass is 324 g/mol. The van der Waals surface area contributed by atoms with Gasteiger partial charge in [-0.05, 0) is 49.9 Å². The van der Waals surface area contributed by atoms with Crippen LogP contribution in [0.4, 0.5) is 0 Å². The first-order chi connectivity index (χ1) is 9.06. The van der Waals surface area contributed by atoms with Gasteiger partial charge in [0.15, 0.2) is 0 Å². The molecule has 3 nitrogen and oxygen atoms in total.